The Morgan fingerprint density at radius 1 is 0.964 bits per heavy atom. The molecule has 1 saturated heterocycles. The Balaban J connectivity index is 1.56. The van der Waals surface area contributed by atoms with Crippen LogP contribution in [0, 0.1) is 11.7 Å². The molecule has 5 nitrogen and oxygen atoms in total. The lowest BCUT2D eigenvalue weighted by molar-refractivity contribution is 0.0805. The highest BCUT2D eigenvalue weighted by atomic mass is 19.1. The van der Waals surface area contributed by atoms with Crippen LogP contribution in [-0.2, 0) is 0 Å². The second-order valence-electron chi connectivity index (χ2n) is 6.91. The molecule has 1 heterocycles. The van der Waals surface area contributed by atoms with Gasteiger partial charge < -0.3 is 9.47 Å². The fraction of sp³-hybridized carbons (Fsp3) is 0.364. The third kappa shape index (κ3) is 4.57. The molecule has 0 spiro atoms. The lowest BCUT2D eigenvalue weighted by Gasteiger charge is -2.30. The van der Waals surface area contributed by atoms with Crippen LogP contribution in [0.15, 0.2) is 42.5 Å². The summed E-state index contributed by atoms with van der Waals surface area (Å²) in [6, 6.07) is 10.8. The van der Waals surface area contributed by atoms with Gasteiger partial charge in [0.05, 0.1) is 20.8 Å². The van der Waals surface area contributed by atoms with Gasteiger partial charge in [0.15, 0.2) is 23.1 Å². The smallest absolute Gasteiger partial charge is 0.176 e. The van der Waals surface area contributed by atoms with Gasteiger partial charge in [-0.3, -0.25) is 14.5 Å². The Labute approximate surface area is 164 Å². The van der Waals surface area contributed by atoms with Crippen molar-refractivity contribution in [3.63, 3.8) is 0 Å². The summed E-state index contributed by atoms with van der Waals surface area (Å²) in [6.45, 7) is 1.65. The van der Waals surface area contributed by atoms with E-state index < -0.39 is 0 Å². The molecule has 0 unspecified atom stereocenters. The number of methoxy groups -OCH3 is 2. The van der Waals surface area contributed by atoms with Gasteiger partial charge in [-0.15, -0.1) is 0 Å². The van der Waals surface area contributed by atoms with Gasteiger partial charge in [-0.1, -0.05) is 0 Å². The molecule has 3 rings (SSSR count). The normalized spacial score (nSPS) is 15.2. The maximum absolute atomic E-state index is 13.0. The number of piperidine rings is 1. The molecule has 2 aromatic rings. The minimum absolute atomic E-state index is 0.00395. The molecule has 0 atom stereocenters. The van der Waals surface area contributed by atoms with Crippen molar-refractivity contribution in [2.24, 2.45) is 5.92 Å². The van der Waals surface area contributed by atoms with E-state index in [9.17, 15) is 14.0 Å². The summed E-state index contributed by atoms with van der Waals surface area (Å²) in [6.07, 6.45) is 1.38. The van der Waals surface area contributed by atoms with Gasteiger partial charge in [0.25, 0.3) is 0 Å². The summed E-state index contributed by atoms with van der Waals surface area (Å²) in [5.41, 5.74) is 1.11. The fourth-order valence-electron chi connectivity index (χ4n) is 3.51. The summed E-state index contributed by atoms with van der Waals surface area (Å²) in [5, 5.41) is 0. The first-order valence-corrected chi connectivity index (χ1v) is 9.29. The van der Waals surface area contributed by atoms with Crippen molar-refractivity contribution in [3.8, 4) is 11.5 Å². The molecule has 0 aromatic heterocycles. The number of benzene rings is 2. The molecule has 0 bridgehead atoms. The van der Waals surface area contributed by atoms with Crippen LogP contribution < -0.4 is 9.47 Å². The van der Waals surface area contributed by atoms with Crippen molar-refractivity contribution in [2.75, 3.05) is 33.9 Å². The first-order chi connectivity index (χ1) is 13.5. The van der Waals surface area contributed by atoms with Crippen LogP contribution in [0.5, 0.6) is 11.5 Å². The summed E-state index contributed by atoms with van der Waals surface area (Å²) in [7, 11) is 3.09. The van der Waals surface area contributed by atoms with E-state index in [4.69, 9.17) is 9.47 Å². The summed E-state index contributed by atoms with van der Waals surface area (Å²) in [4.78, 5) is 27.2. The van der Waals surface area contributed by atoms with E-state index in [1.165, 1.54) is 31.4 Å². The van der Waals surface area contributed by atoms with Crippen molar-refractivity contribution in [2.45, 2.75) is 12.8 Å². The van der Waals surface area contributed by atoms with Crippen LogP contribution in [0.1, 0.15) is 33.6 Å². The molecule has 0 aliphatic carbocycles. The minimum Gasteiger partial charge on any atom is -0.493 e. The lowest BCUT2D eigenvalue weighted by atomic mass is 9.88. The first kappa shape index (κ1) is 20.0. The Kier molecular flexibility index (Phi) is 6.41. The number of hydrogen-bond acceptors (Lipinski definition) is 5. The Hall–Kier alpha value is -2.73. The largest absolute Gasteiger partial charge is 0.493 e. The number of halogens is 1. The maximum Gasteiger partial charge on any atom is 0.176 e. The van der Waals surface area contributed by atoms with Crippen molar-refractivity contribution >= 4 is 11.6 Å². The summed E-state index contributed by atoms with van der Waals surface area (Å²) in [5.74, 6) is 0.726. The molecule has 0 saturated carbocycles. The average Bonchev–Trinajstić information content (AvgIpc) is 2.73. The van der Waals surface area contributed by atoms with E-state index in [0.717, 1.165) is 0 Å². The number of rotatable bonds is 7. The SMILES string of the molecule is COc1ccc(C(=O)CN2CCC(C(=O)c3ccc(F)cc3)CC2)cc1OC. The van der Waals surface area contributed by atoms with E-state index in [1.54, 1.807) is 25.3 Å². The molecule has 1 aliphatic rings. The topological polar surface area (TPSA) is 55.8 Å². The van der Waals surface area contributed by atoms with Crippen LogP contribution in [0.2, 0.25) is 0 Å². The zero-order chi connectivity index (χ0) is 20.1. The summed E-state index contributed by atoms with van der Waals surface area (Å²) >= 11 is 0. The highest BCUT2D eigenvalue weighted by Crippen LogP contribution is 2.28. The first-order valence-electron chi connectivity index (χ1n) is 9.29. The monoisotopic (exact) mass is 385 g/mol. The number of nitrogens with zero attached hydrogens (tertiary/aromatic N) is 1. The molecule has 0 radical (unpaired) electrons. The van der Waals surface area contributed by atoms with Crippen molar-refractivity contribution in [3.05, 3.63) is 59.4 Å². The van der Waals surface area contributed by atoms with Gasteiger partial charge in [0.1, 0.15) is 5.82 Å². The highest BCUT2D eigenvalue weighted by molar-refractivity contribution is 5.99. The molecule has 148 valence electrons. The van der Waals surface area contributed by atoms with Crippen molar-refractivity contribution < 1.29 is 23.5 Å². The molecule has 2 aromatic carbocycles. The third-order valence-corrected chi connectivity index (χ3v) is 5.16. The average molecular weight is 385 g/mol. The number of hydrogen-bond donors (Lipinski definition) is 0. The molecular weight excluding hydrogens is 361 g/mol. The number of carbonyl (C=O) groups is 2. The van der Waals surface area contributed by atoms with Crippen molar-refractivity contribution in [1.29, 1.82) is 0 Å². The number of ketones is 2. The predicted octanol–water partition coefficient (Wildman–Crippen LogP) is 3.62. The highest BCUT2D eigenvalue weighted by Gasteiger charge is 2.27. The van der Waals surface area contributed by atoms with Gasteiger partial charge >= 0.3 is 0 Å². The molecule has 28 heavy (non-hydrogen) atoms. The van der Waals surface area contributed by atoms with Gasteiger partial charge in [-0.2, -0.15) is 0 Å². The summed E-state index contributed by atoms with van der Waals surface area (Å²) < 4.78 is 23.5. The van der Waals surface area contributed by atoms with E-state index in [2.05, 4.69) is 4.90 Å². The predicted molar refractivity (Wildman–Crippen MR) is 104 cm³/mol. The van der Waals surface area contributed by atoms with Crippen LogP contribution in [-0.4, -0.2) is 50.3 Å². The van der Waals surface area contributed by atoms with E-state index in [-0.39, 0.29) is 23.3 Å². The molecule has 0 amide bonds. The van der Waals surface area contributed by atoms with Crippen molar-refractivity contribution in [1.82, 2.24) is 4.90 Å². The Morgan fingerprint density at radius 3 is 2.18 bits per heavy atom. The van der Waals surface area contributed by atoms with E-state index in [0.29, 0.717) is 55.1 Å². The minimum atomic E-state index is -0.347. The maximum atomic E-state index is 13.0. The van der Waals surface area contributed by atoms with E-state index in [1.807, 2.05) is 0 Å². The van der Waals surface area contributed by atoms with Gasteiger partial charge in [-0.05, 0) is 68.4 Å². The van der Waals surface area contributed by atoms with E-state index >= 15 is 0 Å². The molecule has 6 heteroatoms. The third-order valence-electron chi connectivity index (χ3n) is 5.16. The number of ether oxygens (including phenoxy) is 2. The zero-order valence-corrected chi connectivity index (χ0v) is 16.1. The fourth-order valence-corrected chi connectivity index (χ4v) is 3.51. The van der Waals surface area contributed by atoms with Crippen LogP contribution >= 0.6 is 0 Å². The van der Waals surface area contributed by atoms with Crippen LogP contribution in [0.3, 0.4) is 0 Å². The van der Waals surface area contributed by atoms with Gasteiger partial charge in [0.2, 0.25) is 0 Å². The second-order valence-corrected chi connectivity index (χ2v) is 6.91. The Bertz CT molecular complexity index is 842. The number of likely N-dealkylation sites (tertiary alicyclic amines) is 1. The van der Waals surface area contributed by atoms with Gasteiger partial charge in [-0.25, -0.2) is 4.39 Å². The van der Waals surface area contributed by atoms with Gasteiger partial charge in [0, 0.05) is 17.0 Å². The number of Topliss-reactive ketones (excluding diaryl/α,β-unsaturated/α-hetero) is 2. The lowest BCUT2D eigenvalue weighted by Crippen LogP contribution is -2.39. The van der Waals surface area contributed by atoms with Crippen LogP contribution in [0.4, 0.5) is 4.39 Å². The Morgan fingerprint density at radius 2 is 1.57 bits per heavy atom. The van der Waals surface area contributed by atoms with Crippen LogP contribution in [0.25, 0.3) is 0 Å². The molecule has 0 N–H and O–H groups in total. The second kappa shape index (κ2) is 8.97. The molecule has 1 fully saturated rings. The standard InChI is InChI=1S/C22H24FNO4/c1-27-20-8-5-17(13-21(20)28-2)19(25)14-24-11-9-16(10-12-24)22(26)15-3-6-18(23)7-4-15/h3-8,13,16H,9-12,14H2,1-2H3. The quantitative estimate of drug-likeness (QED) is 0.682. The molecule has 1 aliphatic heterocycles. The zero-order valence-electron chi connectivity index (χ0n) is 16.1. The molecular formula is C22H24FNO4. The number of carbonyl (C=O) groups excluding carboxylic acids is 2.